The van der Waals surface area contributed by atoms with E-state index >= 15 is 0 Å². The highest BCUT2D eigenvalue weighted by Crippen LogP contribution is 2.22. The van der Waals surface area contributed by atoms with Crippen molar-refractivity contribution in [1.82, 2.24) is 4.90 Å². The molecule has 0 spiro atoms. The fourth-order valence-corrected chi connectivity index (χ4v) is 2.55. The molecule has 1 fully saturated rings. The largest absolute Gasteiger partial charge is 0.444 e. The molecule has 1 amide bonds. The monoisotopic (exact) mass is 300 g/mol. The molecule has 0 aliphatic carbocycles. The van der Waals surface area contributed by atoms with Gasteiger partial charge in [0.15, 0.2) is 10.4 Å². The molecule has 94 valence electrons. The van der Waals surface area contributed by atoms with Crippen molar-refractivity contribution in [3.63, 3.8) is 0 Å². The Labute approximate surface area is 109 Å². The van der Waals surface area contributed by atoms with Crippen molar-refractivity contribution in [3.8, 4) is 0 Å². The van der Waals surface area contributed by atoms with Gasteiger partial charge in [0.05, 0.1) is 0 Å². The van der Waals surface area contributed by atoms with Crippen LogP contribution in [0.4, 0.5) is 0 Å². The SMILES string of the molecule is NCCC1CCN(C(=O)c2ccc(Br)o2)CC1. The number of carbonyl (C=O) groups excluding carboxylic acids is 1. The van der Waals surface area contributed by atoms with Crippen molar-refractivity contribution in [2.45, 2.75) is 19.3 Å². The van der Waals surface area contributed by atoms with E-state index in [1.807, 2.05) is 4.90 Å². The third kappa shape index (κ3) is 3.10. The Morgan fingerprint density at radius 3 is 2.71 bits per heavy atom. The van der Waals surface area contributed by atoms with Crippen LogP contribution in [-0.2, 0) is 0 Å². The first-order valence-corrected chi connectivity index (χ1v) is 6.74. The van der Waals surface area contributed by atoms with Crippen LogP contribution < -0.4 is 5.73 Å². The summed E-state index contributed by atoms with van der Waals surface area (Å²) in [5, 5.41) is 0. The molecule has 1 aliphatic rings. The van der Waals surface area contributed by atoms with Gasteiger partial charge in [0.25, 0.3) is 5.91 Å². The molecule has 0 bridgehead atoms. The van der Waals surface area contributed by atoms with Gasteiger partial charge in [-0.3, -0.25) is 4.79 Å². The van der Waals surface area contributed by atoms with E-state index in [-0.39, 0.29) is 5.91 Å². The van der Waals surface area contributed by atoms with E-state index in [0.717, 1.165) is 38.9 Å². The van der Waals surface area contributed by atoms with Gasteiger partial charge in [0.2, 0.25) is 0 Å². The number of hydrogen-bond acceptors (Lipinski definition) is 3. The lowest BCUT2D eigenvalue weighted by Crippen LogP contribution is -2.38. The number of carbonyl (C=O) groups is 1. The molecule has 17 heavy (non-hydrogen) atoms. The van der Waals surface area contributed by atoms with Gasteiger partial charge < -0.3 is 15.1 Å². The summed E-state index contributed by atoms with van der Waals surface area (Å²) in [6, 6.07) is 3.45. The first-order valence-electron chi connectivity index (χ1n) is 5.95. The number of hydrogen-bond donors (Lipinski definition) is 1. The molecule has 1 saturated heterocycles. The summed E-state index contributed by atoms with van der Waals surface area (Å²) < 4.78 is 5.87. The highest BCUT2D eigenvalue weighted by molar-refractivity contribution is 9.10. The van der Waals surface area contributed by atoms with E-state index in [1.165, 1.54) is 0 Å². The van der Waals surface area contributed by atoms with Gasteiger partial charge in [-0.1, -0.05) is 0 Å². The highest BCUT2D eigenvalue weighted by atomic mass is 79.9. The van der Waals surface area contributed by atoms with Crippen LogP contribution in [-0.4, -0.2) is 30.4 Å². The lowest BCUT2D eigenvalue weighted by molar-refractivity contribution is 0.0654. The van der Waals surface area contributed by atoms with Crippen molar-refractivity contribution in [2.24, 2.45) is 11.7 Å². The number of nitrogens with two attached hydrogens (primary N) is 1. The van der Waals surface area contributed by atoms with E-state index in [0.29, 0.717) is 16.3 Å². The fraction of sp³-hybridized carbons (Fsp3) is 0.583. The Bertz CT molecular complexity index is 384. The number of halogens is 1. The topological polar surface area (TPSA) is 59.5 Å². The van der Waals surface area contributed by atoms with Crippen LogP contribution in [0.25, 0.3) is 0 Å². The zero-order valence-electron chi connectivity index (χ0n) is 9.69. The number of likely N-dealkylation sites (tertiary alicyclic amines) is 1. The van der Waals surface area contributed by atoms with Crippen LogP contribution in [0.2, 0.25) is 0 Å². The van der Waals surface area contributed by atoms with Gasteiger partial charge in [-0.05, 0) is 59.8 Å². The van der Waals surface area contributed by atoms with Crippen LogP contribution in [0.3, 0.4) is 0 Å². The Balaban J connectivity index is 1.90. The van der Waals surface area contributed by atoms with Crippen molar-refractivity contribution < 1.29 is 9.21 Å². The van der Waals surface area contributed by atoms with Crippen LogP contribution in [0.15, 0.2) is 21.2 Å². The Morgan fingerprint density at radius 2 is 2.18 bits per heavy atom. The maximum atomic E-state index is 12.1. The summed E-state index contributed by atoms with van der Waals surface area (Å²) in [5.41, 5.74) is 5.55. The summed E-state index contributed by atoms with van der Waals surface area (Å²) in [4.78, 5) is 13.9. The normalized spacial score (nSPS) is 17.4. The van der Waals surface area contributed by atoms with E-state index in [4.69, 9.17) is 10.2 Å². The van der Waals surface area contributed by atoms with Crippen LogP contribution in [0.5, 0.6) is 0 Å². The van der Waals surface area contributed by atoms with E-state index < -0.39 is 0 Å². The van der Waals surface area contributed by atoms with Crippen molar-refractivity contribution in [1.29, 1.82) is 0 Å². The number of amides is 1. The lowest BCUT2D eigenvalue weighted by Gasteiger charge is -2.31. The molecule has 0 saturated carbocycles. The second-order valence-corrected chi connectivity index (χ2v) is 5.20. The molecule has 2 heterocycles. The molecule has 0 unspecified atom stereocenters. The molecule has 1 aromatic heterocycles. The van der Waals surface area contributed by atoms with Gasteiger partial charge in [0.1, 0.15) is 0 Å². The zero-order valence-corrected chi connectivity index (χ0v) is 11.3. The number of furan rings is 1. The number of nitrogens with zero attached hydrogens (tertiary/aromatic N) is 1. The average Bonchev–Trinajstić information content (AvgIpc) is 2.76. The van der Waals surface area contributed by atoms with Gasteiger partial charge in [-0.25, -0.2) is 0 Å². The maximum Gasteiger partial charge on any atom is 0.289 e. The second-order valence-electron chi connectivity index (χ2n) is 4.42. The van der Waals surface area contributed by atoms with Crippen molar-refractivity contribution >= 4 is 21.8 Å². The quantitative estimate of drug-likeness (QED) is 0.931. The molecule has 2 rings (SSSR count). The van der Waals surface area contributed by atoms with E-state index in [9.17, 15) is 4.79 Å². The number of rotatable bonds is 3. The third-order valence-corrected chi connectivity index (χ3v) is 3.69. The molecule has 1 aliphatic heterocycles. The molecular weight excluding hydrogens is 284 g/mol. The minimum absolute atomic E-state index is 0.0121. The van der Waals surface area contributed by atoms with Gasteiger partial charge in [-0.2, -0.15) is 0 Å². The lowest BCUT2D eigenvalue weighted by atomic mass is 9.93. The minimum atomic E-state index is -0.0121. The molecule has 0 radical (unpaired) electrons. The first-order chi connectivity index (χ1) is 8.20. The summed E-state index contributed by atoms with van der Waals surface area (Å²) in [6.45, 7) is 2.35. The van der Waals surface area contributed by atoms with Crippen molar-refractivity contribution in [3.05, 3.63) is 22.6 Å². The molecule has 2 N–H and O–H groups in total. The summed E-state index contributed by atoms with van der Waals surface area (Å²) in [6.07, 6.45) is 3.16. The summed E-state index contributed by atoms with van der Waals surface area (Å²) in [5.74, 6) is 1.07. The Hall–Kier alpha value is -0.810. The predicted molar refractivity (Wildman–Crippen MR) is 68.7 cm³/mol. The third-order valence-electron chi connectivity index (χ3n) is 3.26. The predicted octanol–water partition coefficient (Wildman–Crippen LogP) is 2.24. The van der Waals surface area contributed by atoms with Crippen LogP contribution in [0.1, 0.15) is 29.8 Å². The molecule has 4 nitrogen and oxygen atoms in total. The van der Waals surface area contributed by atoms with E-state index in [2.05, 4.69) is 15.9 Å². The van der Waals surface area contributed by atoms with Gasteiger partial charge in [-0.15, -0.1) is 0 Å². The van der Waals surface area contributed by atoms with Crippen molar-refractivity contribution in [2.75, 3.05) is 19.6 Å². The van der Waals surface area contributed by atoms with Crippen LogP contribution in [0, 0.1) is 5.92 Å². The Kier molecular flexibility index (Phi) is 4.23. The molecular formula is C12H17BrN2O2. The van der Waals surface area contributed by atoms with Gasteiger partial charge >= 0.3 is 0 Å². The van der Waals surface area contributed by atoms with E-state index in [1.54, 1.807) is 12.1 Å². The van der Waals surface area contributed by atoms with Crippen LogP contribution >= 0.6 is 15.9 Å². The highest BCUT2D eigenvalue weighted by Gasteiger charge is 2.24. The average molecular weight is 301 g/mol. The fourth-order valence-electron chi connectivity index (χ4n) is 2.25. The first kappa shape index (κ1) is 12.6. The second kappa shape index (κ2) is 5.69. The Morgan fingerprint density at radius 1 is 1.47 bits per heavy atom. The maximum absolute atomic E-state index is 12.1. The molecule has 0 atom stereocenters. The summed E-state index contributed by atoms with van der Waals surface area (Å²) in [7, 11) is 0. The molecule has 1 aromatic rings. The standard InChI is InChI=1S/C12H17BrN2O2/c13-11-2-1-10(17-11)12(16)15-7-4-9(3-6-14)5-8-15/h1-2,9H,3-8,14H2. The van der Waals surface area contributed by atoms with Gasteiger partial charge in [0, 0.05) is 13.1 Å². The summed E-state index contributed by atoms with van der Waals surface area (Å²) >= 11 is 3.20. The number of piperidine rings is 1. The smallest absolute Gasteiger partial charge is 0.289 e. The molecule has 5 heteroatoms. The molecule has 0 aromatic carbocycles. The minimum Gasteiger partial charge on any atom is -0.444 e. The zero-order chi connectivity index (χ0) is 12.3.